The van der Waals surface area contributed by atoms with Gasteiger partial charge >= 0.3 is 6.18 Å². The van der Waals surface area contributed by atoms with E-state index in [1.165, 1.54) is 23.7 Å². The predicted octanol–water partition coefficient (Wildman–Crippen LogP) is 4.01. The quantitative estimate of drug-likeness (QED) is 0.725. The van der Waals surface area contributed by atoms with Crippen molar-refractivity contribution in [1.29, 1.82) is 0 Å². The predicted molar refractivity (Wildman–Crippen MR) is 61.3 cm³/mol. The van der Waals surface area contributed by atoms with Crippen LogP contribution in [0.3, 0.4) is 0 Å². The number of halogens is 5. The zero-order valence-corrected chi connectivity index (χ0v) is 10.7. The Morgan fingerprint density at radius 2 is 1.94 bits per heavy atom. The van der Waals surface area contributed by atoms with E-state index in [4.69, 9.17) is 0 Å². The van der Waals surface area contributed by atoms with E-state index in [0.717, 1.165) is 12.3 Å². The number of alkyl halides is 3. The van der Waals surface area contributed by atoms with Crippen LogP contribution in [0.25, 0.3) is 11.4 Å². The van der Waals surface area contributed by atoms with Crippen molar-refractivity contribution >= 4 is 15.9 Å². The third-order valence-corrected chi connectivity index (χ3v) is 3.03. The fourth-order valence-corrected chi connectivity index (χ4v) is 1.95. The van der Waals surface area contributed by atoms with Gasteiger partial charge in [0.2, 0.25) is 0 Å². The van der Waals surface area contributed by atoms with Gasteiger partial charge in [0.25, 0.3) is 0 Å². The monoisotopic (exact) mass is 322 g/mol. The number of aromatic nitrogens is 2. The van der Waals surface area contributed by atoms with Crippen LogP contribution in [0, 0.1) is 5.82 Å². The molecule has 2 rings (SSSR count). The van der Waals surface area contributed by atoms with Gasteiger partial charge in [-0.15, -0.1) is 0 Å². The Bertz CT molecular complexity index is 589. The molecule has 0 saturated carbocycles. The lowest BCUT2D eigenvalue weighted by Crippen LogP contribution is -2.04. The Kier molecular flexibility index (Phi) is 3.18. The molecule has 7 heteroatoms. The maximum absolute atomic E-state index is 13.1. The van der Waals surface area contributed by atoms with Crippen molar-refractivity contribution in [1.82, 2.24) is 9.55 Å². The summed E-state index contributed by atoms with van der Waals surface area (Å²) in [5, 5.41) is 0. The van der Waals surface area contributed by atoms with Crippen LogP contribution in [-0.2, 0) is 13.2 Å². The molecule has 0 fully saturated rings. The fourth-order valence-electron chi connectivity index (χ4n) is 1.52. The maximum atomic E-state index is 13.1. The summed E-state index contributed by atoms with van der Waals surface area (Å²) in [6.07, 6.45) is -3.65. The van der Waals surface area contributed by atoms with E-state index in [-0.39, 0.29) is 11.4 Å². The first-order valence-corrected chi connectivity index (χ1v) is 5.64. The standard InChI is InChI=1S/C11H7BrF4N2/c1-18-5-9(11(14,15)16)17-10(18)7-4-6(13)2-3-8(7)12/h2-5H,1H3. The van der Waals surface area contributed by atoms with Gasteiger partial charge in [0.1, 0.15) is 11.6 Å². The molecule has 0 saturated heterocycles. The van der Waals surface area contributed by atoms with Gasteiger partial charge in [0, 0.05) is 23.3 Å². The van der Waals surface area contributed by atoms with Crippen molar-refractivity contribution in [2.75, 3.05) is 0 Å². The molecule has 2 aromatic rings. The van der Waals surface area contributed by atoms with E-state index in [0.29, 0.717) is 4.47 Å². The van der Waals surface area contributed by atoms with Gasteiger partial charge in [0.15, 0.2) is 5.69 Å². The van der Waals surface area contributed by atoms with Gasteiger partial charge < -0.3 is 4.57 Å². The average molecular weight is 323 g/mol. The Morgan fingerprint density at radius 1 is 1.28 bits per heavy atom. The largest absolute Gasteiger partial charge is 0.434 e. The van der Waals surface area contributed by atoms with E-state index in [1.54, 1.807) is 0 Å². The molecule has 0 N–H and O–H groups in total. The van der Waals surface area contributed by atoms with Crippen LogP contribution in [0.15, 0.2) is 28.9 Å². The summed E-state index contributed by atoms with van der Waals surface area (Å²) in [7, 11) is 1.43. The highest BCUT2D eigenvalue weighted by Crippen LogP contribution is 2.33. The number of hydrogen-bond donors (Lipinski definition) is 0. The van der Waals surface area contributed by atoms with Gasteiger partial charge in [0.05, 0.1) is 0 Å². The van der Waals surface area contributed by atoms with Gasteiger partial charge in [-0.05, 0) is 18.2 Å². The van der Waals surface area contributed by atoms with Crippen molar-refractivity contribution in [2.45, 2.75) is 6.18 Å². The molecule has 0 unspecified atom stereocenters. The first-order chi connectivity index (χ1) is 8.29. The van der Waals surface area contributed by atoms with E-state index in [9.17, 15) is 17.6 Å². The zero-order valence-electron chi connectivity index (χ0n) is 9.09. The number of rotatable bonds is 1. The lowest BCUT2D eigenvalue weighted by molar-refractivity contribution is -0.140. The summed E-state index contributed by atoms with van der Waals surface area (Å²) in [6, 6.07) is 3.76. The van der Waals surface area contributed by atoms with Crippen LogP contribution in [0.2, 0.25) is 0 Å². The minimum absolute atomic E-state index is 0.0497. The molecule has 1 aromatic carbocycles. The molecule has 96 valence electrons. The van der Waals surface area contributed by atoms with Crippen molar-refractivity contribution < 1.29 is 17.6 Å². The summed E-state index contributed by atoms with van der Waals surface area (Å²) in [6.45, 7) is 0. The minimum atomic E-state index is -4.52. The normalized spacial score (nSPS) is 11.9. The summed E-state index contributed by atoms with van der Waals surface area (Å²) >= 11 is 3.16. The highest BCUT2D eigenvalue weighted by atomic mass is 79.9. The third-order valence-electron chi connectivity index (χ3n) is 2.34. The fraction of sp³-hybridized carbons (Fsp3) is 0.182. The molecule has 18 heavy (non-hydrogen) atoms. The Labute approximate surface area is 108 Å². The second-order valence-electron chi connectivity index (χ2n) is 3.68. The van der Waals surface area contributed by atoms with Crippen molar-refractivity contribution in [2.24, 2.45) is 7.05 Å². The number of nitrogens with zero attached hydrogens (tertiary/aromatic N) is 2. The molecular weight excluding hydrogens is 316 g/mol. The van der Waals surface area contributed by atoms with Crippen molar-refractivity contribution in [3.05, 3.63) is 40.4 Å². The molecule has 0 amide bonds. The zero-order chi connectivity index (χ0) is 13.5. The summed E-state index contributed by atoms with van der Waals surface area (Å²) in [5.41, 5.74) is -0.732. The second-order valence-corrected chi connectivity index (χ2v) is 4.54. The Balaban J connectivity index is 2.58. The molecule has 1 heterocycles. The van der Waals surface area contributed by atoms with Crippen LogP contribution < -0.4 is 0 Å². The molecule has 0 aliphatic rings. The van der Waals surface area contributed by atoms with E-state index >= 15 is 0 Å². The first-order valence-electron chi connectivity index (χ1n) is 4.85. The maximum Gasteiger partial charge on any atom is 0.434 e. The second kappa shape index (κ2) is 4.38. The lowest BCUT2D eigenvalue weighted by Gasteiger charge is -2.04. The Morgan fingerprint density at radius 3 is 2.50 bits per heavy atom. The topological polar surface area (TPSA) is 17.8 Å². The van der Waals surface area contributed by atoms with Crippen molar-refractivity contribution in [3.63, 3.8) is 0 Å². The third kappa shape index (κ3) is 2.40. The number of hydrogen-bond acceptors (Lipinski definition) is 1. The van der Waals surface area contributed by atoms with Crippen LogP contribution in [-0.4, -0.2) is 9.55 Å². The van der Waals surface area contributed by atoms with Crippen LogP contribution >= 0.6 is 15.9 Å². The van der Waals surface area contributed by atoms with Crippen LogP contribution in [0.1, 0.15) is 5.69 Å². The first kappa shape index (κ1) is 13.1. The summed E-state index contributed by atoms with van der Waals surface area (Å²) in [5.74, 6) is -0.488. The lowest BCUT2D eigenvalue weighted by atomic mass is 10.2. The SMILES string of the molecule is Cn1cc(C(F)(F)F)nc1-c1cc(F)ccc1Br. The summed E-state index contributed by atoms with van der Waals surface area (Å²) < 4.78 is 52.4. The van der Waals surface area contributed by atoms with Crippen LogP contribution in [0.5, 0.6) is 0 Å². The van der Waals surface area contributed by atoms with E-state index in [2.05, 4.69) is 20.9 Å². The van der Waals surface area contributed by atoms with Crippen LogP contribution in [0.4, 0.5) is 17.6 Å². The van der Waals surface area contributed by atoms with Gasteiger partial charge in [-0.1, -0.05) is 15.9 Å². The Hall–Kier alpha value is -1.37. The molecule has 0 aliphatic carbocycles. The molecule has 0 radical (unpaired) electrons. The van der Waals surface area contributed by atoms with Crippen molar-refractivity contribution in [3.8, 4) is 11.4 Å². The summed E-state index contributed by atoms with van der Waals surface area (Å²) in [4.78, 5) is 3.49. The number of imidazole rings is 1. The molecule has 0 spiro atoms. The smallest absolute Gasteiger partial charge is 0.333 e. The highest BCUT2D eigenvalue weighted by molar-refractivity contribution is 9.10. The van der Waals surface area contributed by atoms with Gasteiger partial charge in [-0.25, -0.2) is 9.37 Å². The van der Waals surface area contributed by atoms with E-state index < -0.39 is 17.7 Å². The molecule has 2 nitrogen and oxygen atoms in total. The van der Waals surface area contributed by atoms with Gasteiger partial charge in [-0.3, -0.25) is 0 Å². The molecule has 0 aliphatic heterocycles. The molecule has 1 aromatic heterocycles. The molecular formula is C11H7BrF4N2. The number of benzene rings is 1. The number of aryl methyl sites for hydroxylation is 1. The van der Waals surface area contributed by atoms with Gasteiger partial charge in [-0.2, -0.15) is 13.2 Å². The van der Waals surface area contributed by atoms with E-state index in [1.807, 2.05) is 0 Å². The highest BCUT2D eigenvalue weighted by Gasteiger charge is 2.34. The minimum Gasteiger partial charge on any atom is -0.333 e. The molecule has 0 bridgehead atoms. The molecule has 0 atom stereocenters. The average Bonchev–Trinajstić information content (AvgIpc) is 2.64.